The fraction of sp³-hybridized carbons (Fsp3) is 1.00. The first-order valence-electron chi connectivity index (χ1n) is 4.08. The molecular formula is C8H15N. The Morgan fingerprint density at radius 1 is 1.56 bits per heavy atom. The van der Waals surface area contributed by atoms with Gasteiger partial charge in [-0.2, -0.15) is 0 Å². The fourth-order valence-electron chi connectivity index (χ4n) is 1.87. The van der Waals surface area contributed by atoms with Crippen LogP contribution in [0.3, 0.4) is 0 Å². The Hall–Kier alpha value is -0.0400. The van der Waals surface area contributed by atoms with Gasteiger partial charge in [-0.25, -0.2) is 0 Å². The highest BCUT2D eigenvalue weighted by molar-refractivity contribution is 5.02. The number of nitrogens with one attached hydrogen (secondary N) is 1. The maximum absolute atomic E-state index is 3.56. The van der Waals surface area contributed by atoms with Gasteiger partial charge in [0.25, 0.3) is 0 Å². The quantitative estimate of drug-likeness (QED) is 0.560. The van der Waals surface area contributed by atoms with Crippen LogP contribution in [0.15, 0.2) is 0 Å². The minimum Gasteiger partial charge on any atom is -0.313 e. The Morgan fingerprint density at radius 3 is 2.67 bits per heavy atom. The van der Waals surface area contributed by atoms with Gasteiger partial charge in [0.15, 0.2) is 0 Å². The molecule has 1 aliphatic heterocycles. The molecule has 1 saturated heterocycles. The number of hydrogen-bond donors (Lipinski definition) is 1. The molecular weight excluding hydrogens is 110 g/mol. The summed E-state index contributed by atoms with van der Waals surface area (Å²) >= 11 is 0. The first-order valence-corrected chi connectivity index (χ1v) is 4.08. The van der Waals surface area contributed by atoms with E-state index in [1.165, 1.54) is 32.2 Å². The molecule has 1 heterocycles. The summed E-state index contributed by atoms with van der Waals surface area (Å²) in [7, 11) is 0. The van der Waals surface area contributed by atoms with E-state index in [4.69, 9.17) is 0 Å². The second kappa shape index (κ2) is 1.72. The lowest BCUT2D eigenvalue weighted by molar-refractivity contribution is 0.533. The summed E-state index contributed by atoms with van der Waals surface area (Å²) in [5, 5.41) is 3.56. The van der Waals surface area contributed by atoms with Gasteiger partial charge >= 0.3 is 0 Å². The van der Waals surface area contributed by atoms with Crippen LogP contribution in [0.2, 0.25) is 0 Å². The molecule has 1 aliphatic carbocycles. The molecule has 2 aliphatic rings. The molecule has 2 rings (SSSR count). The average molecular weight is 125 g/mol. The molecule has 0 amide bonds. The summed E-state index contributed by atoms with van der Waals surface area (Å²) in [6.07, 6.45) is 5.78. The van der Waals surface area contributed by atoms with E-state index in [0.29, 0.717) is 0 Å². The van der Waals surface area contributed by atoms with Gasteiger partial charge in [-0.05, 0) is 31.1 Å². The van der Waals surface area contributed by atoms with Crippen molar-refractivity contribution in [2.75, 3.05) is 6.54 Å². The smallest absolute Gasteiger partial charge is 0.00704 e. The van der Waals surface area contributed by atoms with Crippen molar-refractivity contribution in [3.8, 4) is 0 Å². The van der Waals surface area contributed by atoms with Crippen LogP contribution in [0.5, 0.6) is 0 Å². The Balaban J connectivity index is 1.93. The van der Waals surface area contributed by atoms with Gasteiger partial charge in [-0.3, -0.25) is 0 Å². The van der Waals surface area contributed by atoms with E-state index in [1.54, 1.807) is 0 Å². The zero-order chi connectivity index (χ0) is 6.32. The third kappa shape index (κ3) is 0.877. The van der Waals surface area contributed by atoms with E-state index in [0.717, 1.165) is 11.5 Å². The molecule has 0 aromatic rings. The van der Waals surface area contributed by atoms with Crippen molar-refractivity contribution >= 4 is 0 Å². The molecule has 9 heavy (non-hydrogen) atoms. The van der Waals surface area contributed by atoms with Gasteiger partial charge in [0.05, 0.1) is 0 Å². The highest BCUT2D eigenvalue weighted by atomic mass is 15.0. The lowest BCUT2D eigenvalue weighted by Gasteiger charge is -2.03. The first kappa shape index (κ1) is 5.72. The molecule has 1 nitrogen and oxygen atoms in total. The largest absolute Gasteiger partial charge is 0.313 e. The topological polar surface area (TPSA) is 12.0 Å². The standard InChI is InChI=1S/C8H15N/c1-2-7-5-8(3-4-8)6-9-7/h7,9H,2-6H2,1H3/t7-/m0/s1. The minimum atomic E-state index is 0.806. The number of hydrogen-bond acceptors (Lipinski definition) is 1. The summed E-state index contributed by atoms with van der Waals surface area (Å²) in [5.74, 6) is 0. The van der Waals surface area contributed by atoms with Crippen molar-refractivity contribution < 1.29 is 0 Å². The molecule has 0 aromatic heterocycles. The average Bonchev–Trinajstić information content (AvgIpc) is 2.44. The molecule has 0 radical (unpaired) electrons. The third-order valence-electron chi connectivity index (χ3n) is 2.90. The zero-order valence-electron chi connectivity index (χ0n) is 6.11. The van der Waals surface area contributed by atoms with E-state index in [-0.39, 0.29) is 0 Å². The SMILES string of the molecule is CC[C@H]1CC2(CC2)CN1. The lowest BCUT2D eigenvalue weighted by Crippen LogP contribution is -2.19. The normalized spacial score (nSPS) is 37.7. The monoisotopic (exact) mass is 125 g/mol. The summed E-state index contributed by atoms with van der Waals surface area (Å²) in [5.41, 5.74) is 0.806. The van der Waals surface area contributed by atoms with Crippen LogP contribution < -0.4 is 5.32 Å². The van der Waals surface area contributed by atoms with Crippen molar-refractivity contribution in [1.29, 1.82) is 0 Å². The highest BCUT2D eigenvalue weighted by Gasteiger charge is 2.47. The second-order valence-electron chi connectivity index (χ2n) is 3.69. The van der Waals surface area contributed by atoms with Crippen molar-refractivity contribution in [3.05, 3.63) is 0 Å². The zero-order valence-corrected chi connectivity index (χ0v) is 6.11. The third-order valence-corrected chi connectivity index (χ3v) is 2.90. The summed E-state index contributed by atoms with van der Waals surface area (Å²) in [6, 6.07) is 0.854. The maximum atomic E-state index is 3.56. The van der Waals surface area contributed by atoms with Crippen molar-refractivity contribution in [1.82, 2.24) is 5.32 Å². The van der Waals surface area contributed by atoms with Crippen LogP contribution in [0, 0.1) is 5.41 Å². The van der Waals surface area contributed by atoms with Crippen molar-refractivity contribution in [2.24, 2.45) is 5.41 Å². The molecule has 1 heteroatoms. The van der Waals surface area contributed by atoms with Crippen LogP contribution in [0.25, 0.3) is 0 Å². The molecule has 1 saturated carbocycles. The predicted octanol–water partition coefficient (Wildman–Crippen LogP) is 1.54. The van der Waals surface area contributed by atoms with Gasteiger partial charge in [-0.1, -0.05) is 6.92 Å². The van der Waals surface area contributed by atoms with E-state index in [1.807, 2.05) is 0 Å². The Labute approximate surface area is 56.8 Å². The molecule has 1 atom stereocenters. The Morgan fingerprint density at radius 2 is 2.33 bits per heavy atom. The van der Waals surface area contributed by atoms with E-state index >= 15 is 0 Å². The van der Waals surface area contributed by atoms with Crippen LogP contribution in [0.1, 0.15) is 32.6 Å². The molecule has 0 aromatic carbocycles. The fourth-order valence-corrected chi connectivity index (χ4v) is 1.87. The van der Waals surface area contributed by atoms with Crippen molar-refractivity contribution in [3.63, 3.8) is 0 Å². The van der Waals surface area contributed by atoms with Crippen LogP contribution in [-0.2, 0) is 0 Å². The summed E-state index contributed by atoms with van der Waals surface area (Å²) in [6.45, 7) is 3.59. The molecule has 1 spiro atoms. The van der Waals surface area contributed by atoms with Gasteiger partial charge < -0.3 is 5.32 Å². The van der Waals surface area contributed by atoms with Gasteiger partial charge in [0.1, 0.15) is 0 Å². The van der Waals surface area contributed by atoms with Gasteiger partial charge in [-0.15, -0.1) is 0 Å². The molecule has 0 unspecified atom stereocenters. The second-order valence-corrected chi connectivity index (χ2v) is 3.69. The molecule has 2 fully saturated rings. The summed E-state index contributed by atoms with van der Waals surface area (Å²) in [4.78, 5) is 0. The van der Waals surface area contributed by atoms with Crippen molar-refractivity contribution in [2.45, 2.75) is 38.6 Å². The first-order chi connectivity index (χ1) is 4.35. The predicted molar refractivity (Wildman–Crippen MR) is 38.4 cm³/mol. The van der Waals surface area contributed by atoms with E-state index < -0.39 is 0 Å². The Bertz CT molecular complexity index is 116. The Kier molecular flexibility index (Phi) is 1.10. The number of rotatable bonds is 1. The van der Waals surface area contributed by atoms with Crippen LogP contribution in [0.4, 0.5) is 0 Å². The van der Waals surface area contributed by atoms with E-state index in [9.17, 15) is 0 Å². The minimum absolute atomic E-state index is 0.806. The molecule has 0 bridgehead atoms. The molecule has 52 valence electrons. The molecule has 1 N–H and O–H groups in total. The van der Waals surface area contributed by atoms with E-state index in [2.05, 4.69) is 12.2 Å². The lowest BCUT2D eigenvalue weighted by atomic mass is 10.0. The highest BCUT2D eigenvalue weighted by Crippen LogP contribution is 2.52. The van der Waals surface area contributed by atoms with Crippen LogP contribution in [-0.4, -0.2) is 12.6 Å². The summed E-state index contributed by atoms with van der Waals surface area (Å²) < 4.78 is 0. The van der Waals surface area contributed by atoms with Gasteiger partial charge in [0.2, 0.25) is 0 Å². The maximum Gasteiger partial charge on any atom is 0.00704 e. The van der Waals surface area contributed by atoms with Crippen LogP contribution >= 0.6 is 0 Å². The van der Waals surface area contributed by atoms with Gasteiger partial charge in [0, 0.05) is 12.6 Å².